The van der Waals surface area contributed by atoms with E-state index in [2.05, 4.69) is 5.32 Å². The van der Waals surface area contributed by atoms with Crippen molar-refractivity contribution < 1.29 is 13.5 Å². The Morgan fingerprint density at radius 1 is 1.67 bits per heavy atom. The van der Waals surface area contributed by atoms with Crippen molar-refractivity contribution in [1.82, 2.24) is 5.32 Å². The van der Waals surface area contributed by atoms with Crippen molar-refractivity contribution >= 4 is 0 Å². The van der Waals surface area contributed by atoms with Crippen LogP contribution in [0.15, 0.2) is 11.8 Å². The summed E-state index contributed by atoms with van der Waals surface area (Å²) < 4.78 is 29.8. The van der Waals surface area contributed by atoms with Crippen molar-refractivity contribution in [3.05, 3.63) is 11.8 Å². The van der Waals surface area contributed by atoms with Crippen LogP contribution in [0.4, 0.5) is 8.78 Å². The molecule has 1 atom stereocenters. The molecule has 1 N–H and O–H groups in total. The zero-order valence-corrected chi connectivity index (χ0v) is 7.02. The lowest BCUT2D eigenvalue weighted by Gasteiger charge is -2.17. The molecular weight excluding hydrogens is 164 g/mol. The molecule has 1 aliphatic rings. The first-order valence-corrected chi connectivity index (χ1v) is 4.10. The number of likely N-dealkylation sites (N-methyl/N-ethyl adjacent to an activating group) is 1. The SMILES string of the molecule is CCNC(C1=CCCO1)C(F)F. The van der Waals surface area contributed by atoms with E-state index in [1.54, 1.807) is 13.0 Å². The second-order valence-corrected chi connectivity index (χ2v) is 2.61. The van der Waals surface area contributed by atoms with Crippen molar-refractivity contribution in [2.24, 2.45) is 0 Å². The average Bonchev–Trinajstić information content (AvgIpc) is 2.51. The van der Waals surface area contributed by atoms with Crippen LogP contribution in [0.1, 0.15) is 13.3 Å². The number of alkyl halides is 2. The average molecular weight is 177 g/mol. The van der Waals surface area contributed by atoms with Crippen LogP contribution >= 0.6 is 0 Å². The Labute approximate surface area is 70.6 Å². The van der Waals surface area contributed by atoms with Crippen LogP contribution in [0.3, 0.4) is 0 Å². The highest BCUT2D eigenvalue weighted by Crippen LogP contribution is 2.18. The summed E-state index contributed by atoms with van der Waals surface area (Å²) in [7, 11) is 0. The molecule has 1 rings (SSSR count). The zero-order chi connectivity index (χ0) is 8.97. The summed E-state index contributed by atoms with van der Waals surface area (Å²) in [4.78, 5) is 0. The molecule has 1 aliphatic heterocycles. The molecule has 0 aromatic rings. The van der Waals surface area contributed by atoms with Crippen molar-refractivity contribution in [1.29, 1.82) is 0 Å². The Morgan fingerprint density at radius 2 is 2.42 bits per heavy atom. The van der Waals surface area contributed by atoms with Crippen molar-refractivity contribution in [2.45, 2.75) is 25.8 Å². The van der Waals surface area contributed by atoms with E-state index in [1.165, 1.54) is 0 Å². The van der Waals surface area contributed by atoms with Crippen LogP contribution in [0, 0.1) is 0 Å². The number of ether oxygens (including phenoxy) is 1. The standard InChI is InChI=1S/C8H13F2NO/c1-2-11-7(8(9)10)6-4-3-5-12-6/h4,7-8,11H,2-3,5H2,1H3. The zero-order valence-electron chi connectivity index (χ0n) is 7.02. The summed E-state index contributed by atoms with van der Waals surface area (Å²) in [6.07, 6.45) is 0.0676. The summed E-state index contributed by atoms with van der Waals surface area (Å²) in [5, 5.41) is 2.68. The minimum Gasteiger partial charge on any atom is -0.496 e. The third-order valence-electron chi connectivity index (χ3n) is 1.71. The van der Waals surface area contributed by atoms with Gasteiger partial charge in [0.05, 0.1) is 6.61 Å². The second kappa shape index (κ2) is 4.40. The normalized spacial score (nSPS) is 19.2. The van der Waals surface area contributed by atoms with E-state index in [0.29, 0.717) is 18.9 Å². The van der Waals surface area contributed by atoms with Gasteiger partial charge in [0.1, 0.15) is 11.8 Å². The quantitative estimate of drug-likeness (QED) is 0.703. The highest BCUT2D eigenvalue weighted by Gasteiger charge is 2.26. The van der Waals surface area contributed by atoms with Gasteiger partial charge < -0.3 is 10.1 Å². The third kappa shape index (κ3) is 2.17. The maximum atomic E-state index is 12.4. The number of nitrogens with one attached hydrogen (secondary N) is 1. The first-order valence-electron chi connectivity index (χ1n) is 4.10. The molecule has 0 radical (unpaired) electrons. The molecule has 1 heterocycles. The molecule has 2 nitrogen and oxygen atoms in total. The van der Waals surface area contributed by atoms with E-state index >= 15 is 0 Å². The summed E-state index contributed by atoms with van der Waals surface area (Å²) in [5.74, 6) is 0.395. The molecule has 0 fully saturated rings. The fourth-order valence-electron chi connectivity index (χ4n) is 1.19. The van der Waals surface area contributed by atoms with Crippen molar-refractivity contribution in [2.75, 3.05) is 13.2 Å². The van der Waals surface area contributed by atoms with Crippen LogP contribution in [0.25, 0.3) is 0 Å². The number of rotatable bonds is 4. The van der Waals surface area contributed by atoms with Gasteiger partial charge in [0, 0.05) is 6.42 Å². The maximum absolute atomic E-state index is 12.4. The summed E-state index contributed by atoms with van der Waals surface area (Å²) >= 11 is 0. The van der Waals surface area contributed by atoms with Crippen LogP contribution in [0.5, 0.6) is 0 Å². The summed E-state index contributed by atoms with van der Waals surface area (Å²) in [6.45, 7) is 2.85. The van der Waals surface area contributed by atoms with Gasteiger partial charge in [-0.05, 0) is 12.6 Å². The molecular formula is C8H13F2NO. The monoisotopic (exact) mass is 177 g/mol. The fourth-order valence-corrected chi connectivity index (χ4v) is 1.19. The van der Waals surface area contributed by atoms with E-state index in [9.17, 15) is 8.78 Å². The maximum Gasteiger partial charge on any atom is 0.260 e. The molecule has 0 aromatic carbocycles. The van der Waals surface area contributed by atoms with Gasteiger partial charge in [-0.1, -0.05) is 6.92 Å². The highest BCUT2D eigenvalue weighted by molar-refractivity contribution is 5.08. The van der Waals surface area contributed by atoms with Gasteiger partial charge in [0.25, 0.3) is 6.43 Å². The van der Waals surface area contributed by atoms with Gasteiger partial charge in [-0.15, -0.1) is 0 Å². The summed E-state index contributed by atoms with van der Waals surface area (Å²) in [5.41, 5.74) is 0. The first-order chi connectivity index (χ1) is 5.75. The van der Waals surface area contributed by atoms with Crippen LogP contribution < -0.4 is 5.32 Å². The van der Waals surface area contributed by atoms with Gasteiger partial charge in [-0.2, -0.15) is 0 Å². The molecule has 0 amide bonds. The van der Waals surface area contributed by atoms with E-state index < -0.39 is 12.5 Å². The van der Waals surface area contributed by atoms with E-state index in [4.69, 9.17) is 4.74 Å². The van der Waals surface area contributed by atoms with E-state index in [1.807, 2.05) is 0 Å². The lowest BCUT2D eigenvalue weighted by atomic mass is 10.2. The second-order valence-electron chi connectivity index (χ2n) is 2.61. The van der Waals surface area contributed by atoms with Gasteiger partial charge in [0.2, 0.25) is 0 Å². The molecule has 0 saturated heterocycles. The van der Waals surface area contributed by atoms with Crippen LogP contribution in [0.2, 0.25) is 0 Å². The molecule has 0 bridgehead atoms. The molecule has 70 valence electrons. The molecule has 0 saturated carbocycles. The Morgan fingerprint density at radius 3 is 2.83 bits per heavy atom. The van der Waals surface area contributed by atoms with Gasteiger partial charge in [0.15, 0.2) is 0 Å². The molecule has 0 aromatic heterocycles. The predicted molar refractivity (Wildman–Crippen MR) is 42.1 cm³/mol. The smallest absolute Gasteiger partial charge is 0.260 e. The molecule has 4 heteroatoms. The van der Waals surface area contributed by atoms with Gasteiger partial charge >= 0.3 is 0 Å². The number of hydrogen-bond donors (Lipinski definition) is 1. The minimum absolute atomic E-state index is 0.395. The molecule has 0 aliphatic carbocycles. The van der Waals surface area contributed by atoms with Crippen LogP contribution in [-0.4, -0.2) is 25.6 Å². The molecule has 0 spiro atoms. The Bertz CT molecular complexity index is 170. The summed E-state index contributed by atoms with van der Waals surface area (Å²) in [6, 6.07) is -0.919. The lowest BCUT2D eigenvalue weighted by Crippen LogP contribution is -2.37. The van der Waals surface area contributed by atoms with Gasteiger partial charge in [-0.25, -0.2) is 8.78 Å². The first kappa shape index (κ1) is 9.45. The molecule has 1 unspecified atom stereocenters. The number of halogens is 2. The van der Waals surface area contributed by atoms with Crippen molar-refractivity contribution in [3.63, 3.8) is 0 Å². The lowest BCUT2D eigenvalue weighted by molar-refractivity contribution is 0.0818. The number of hydrogen-bond acceptors (Lipinski definition) is 2. The highest BCUT2D eigenvalue weighted by atomic mass is 19.3. The Kier molecular flexibility index (Phi) is 3.47. The van der Waals surface area contributed by atoms with Crippen LogP contribution in [-0.2, 0) is 4.74 Å². The van der Waals surface area contributed by atoms with E-state index in [-0.39, 0.29) is 0 Å². The van der Waals surface area contributed by atoms with Crippen molar-refractivity contribution in [3.8, 4) is 0 Å². The Hall–Kier alpha value is -0.640. The fraction of sp³-hybridized carbons (Fsp3) is 0.750. The van der Waals surface area contributed by atoms with E-state index in [0.717, 1.165) is 6.42 Å². The molecule has 12 heavy (non-hydrogen) atoms. The Balaban J connectivity index is 2.52. The minimum atomic E-state index is -2.39. The van der Waals surface area contributed by atoms with Gasteiger partial charge in [-0.3, -0.25) is 0 Å². The predicted octanol–water partition coefficient (Wildman–Crippen LogP) is 1.53. The topological polar surface area (TPSA) is 21.3 Å². The largest absolute Gasteiger partial charge is 0.496 e. The third-order valence-corrected chi connectivity index (χ3v) is 1.71.